The SMILES string of the molecule is Cc1cc(C)n(CCc2ccccc2)c(=O)c1C#N. The fraction of sp³-hybridized carbons (Fsp3) is 0.250. The van der Waals surface area contributed by atoms with Crippen LogP contribution < -0.4 is 5.56 Å². The Balaban J connectivity index is 2.32. The van der Waals surface area contributed by atoms with Gasteiger partial charge in [0.15, 0.2) is 0 Å². The normalized spacial score (nSPS) is 10.2. The fourth-order valence-corrected chi connectivity index (χ4v) is 2.23. The van der Waals surface area contributed by atoms with Crippen molar-refractivity contribution in [3.63, 3.8) is 0 Å². The average molecular weight is 252 g/mol. The van der Waals surface area contributed by atoms with Crippen LogP contribution in [0.5, 0.6) is 0 Å². The number of hydrogen-bond acceptors (Lipinski definition) is 2. The molecule has 2 aromatic rings. The van der Waals surface area contributed by atoms with Crippen LogP contribution in [0.4, 0.5) is 0 Å². The van der Waals surface area contributed by atoms with Crippen LogP contribution in [0, 0.1) is 25.2 Å². The third kappa shape index (κ3) is 2.74. The molecule has 0 aliphatic heterocycles. The second kappa shape index (κ2) is 5.53. The molecule has 2 rings (SSSR count). The van der Waals surface area contributed by atoms with Crippen LogP contribution in [0.1, 0.15) is 22.4 Å². The first-order valence-corrected chi connectivity index (χ1v) is 6.28. The summed E-state index contributed by atoms with van der Waals surface area (Å²) in [5.74, 6) is 0. The lowest BCUT2D eigenvalue weighted by Gasteiger charge is -2.11. The van der Waals surface area contributed by atoms with Crippen LogP contribution in [0.2, 0.25) is 0 Å². The molecule has 1 aromatic heterocycles. The molecular formula is C16H16N2O. The molecule has 0 saturated heterocycles. The minimum atomic E-state index is -0.184. The van der Waals surface area contributed by atoms with E-state index in [1.54, 1.807) is 11.5 Å². The highest BCUT2D eigenvalue weighted by Crippen LogP contribution is 2.07. The van der Waals surface area contributed by atoms with Crippen molar-refractivity contribution < 1.29 is 0 Å². The number of nitrogens with zero attached hydrogens (tertiary/aromatic N) is 2. The fourth-order valence-electron chi connectivity index (χ4n) is 2.23. The molecule has 0 amide bonds. The Hall–Kier alpha value is -2.34. The lowest BCUT2D eigenvalue weighted by Crippen LogP contribution is -2.26. The van der Waals surface area contributed by atoms with Gasteiger partial charge in [0, 0.05) is 12.2 Å². The molecule has 0 fully saturated rings. The molecule has 1 heterocycles. The van der Waals surface area contributed by atoms with Crippen molar-refractivity contribution in [2.24, 2.45) is 0 Å². The van der Waals surface area contributed by atoms with Gasteiger partial charge in [-0.15, -0.1) is 0 Å². The Morgan fingerprint density at radius 1 is 1.21 bits per heavy atom. The Morgan fingerprint density at radius 3 is 2.53 bits per heavy atom. The zero-order valence-electron chi connectivity index (χ0n) is 11.2. The predicted molar refractivity (Wildman–Crippen MR) is 75.0 cm³/mol. The number of aromatic nitrogens is 1. The summed E-state index contributed by atoms with van der Waals surface area (Å²) in [5.41, 5.74) is 2.90. The van der Waals surface area contributed by atoms with Gasteiger partial charge < -0.3 is 4.57 Å². The second-order valence-electron chi connectivity index (χ2n) is 4.65. The van der Waals surface area contributed by atoms with Crippen LogP contribution >= 0.6 is 0 Å². The van der Waals surface area contributed by atoms with Crippen LogP contribution in [0.3, 0.4) is 0 Å². The number of aryl methyl sites for hydroxylation is 3. The molecule has 0 unspecified atom stereocenters. The molecule has 3 heteroatoms. The van der Waals surface area contributed by atoms with Gasteiger partial charge >= 0.3 is 0 Å². The van der Waals surface area contributed by atoms with E-state index in [1.807, 2.05) is 49.4 Å². The van der Waals surface area contributed by atoms with E-state index in [4.69, 9.17) is 5.26 Å². The molecule has 1 aromatic carbocycles. The summed E-state index contributed by atoms with van der Waals surface area (Å²) in [6.45, 7) is 4.30. The van der Waals surface area contributed by atoms with Crippen LogP contribution in [0.15, 0.2) is 41.2 Å². The van der Waals surface area contributed by atoms with Crippen molar-refractivity contribution in [2.75, 3.05) is 0 Å². The van der Waals surface area contributed by atoms with Gasteiger partial charge in [0.05, 0.1) is 0 Å². The van der Waals surface area contributed by atoms with Gasteiger partial charge in [-0.25, -0.2) is 0 Å². The maximum atomic E-state index is 12.2. The smallest absolute Gasteiger partial charge is 0.268 e. The zero-order valence-corrected chi connectivity index (χ0v) is 11.2. The second-order valence-corrected chi connectivity index (χ2v) is 4.65. The topological polar surface area (TPSA) is 45.8 Å². The van der Waals surface area contributed by atoms with Crippen LogP contribution in [-0.2, 0) is 13.0 Å². The molecule has 0 aliphatic carbocycles. The van der Waals surface area contributed by atoms with Crippen molar-refractivity contribution in [2.45, 2.75) is 26.8 Å². The van der Waals surface area contributed by atoms with Gasteiger partial charge in [-0.1, -0.05) is 30.3 Å². The van der Waals surface area contributed by atoms with Crippen molar-refractivity contribution in [3.05, 3.63) is 69.1 Å². The lowest BCUT2D eigenvalue weighted by molar-refractivity contribution is 0.646. The van der Waals surface area contributed by atoms with Crippen molar-refractivity contribution in [1.82, 2.24) is 4.57 Å². The Kier molecular flexibility index (Phi) is 3.82. The monoisotopic (exact) mass is 252 g/mol. The van der Waals surface area contributed by atoms with Gasteiger partial charge in [-0.05, 0) is 37.5 Å². The first-order chi connectivity index (χ1) is 9.13. The van der Waals surface area contributed by atoms with Gasteiger partial charge in [-0.2, -0.15) is 5.26 Å². The summed E-state index contributed by atoms with van der Waals surface area (Å²) in [4.78, 5) is 12.2. The average Bonchev–Trinajstić information content (AvgIpc) is 2.39. The maximum Gasteiger partial charge on any atom is 0.268 e. The number of nitriles is 1. The van der Waals surface area contributed by atoms with E-state index in [0.29, 0.717) is 6.54 Å². The number of pyridine rings is 1. The molecule has 0 atom stereocenters. The quantitative estimate of drug-likeness (QED) is 0.842. The van der Waals surface area contributed by atoms with Crippen molar-refractivity contribution in [3.8, 4) is 6.07 Å². The summed E-state index contributed by atoms with van der Waals surface area (Å²) in [6.07, 6.45) is 0.787. The predicted octanol–water partition coefficient (Wildman–Crippen LogP) is 2.58. The summed E-state index contributed by atoms with van der Waals surface area (Å²) in [5, 5.41) is 9.04. The van der Waals surface area contributed by atoms with E-state index in [2.05, 4.69) is 0 Å². The highest BCUT2D eigenvalue weighted by atomic mass is 16.1. The molecule has 96 valence electrons. The molecule has 0 saturated carbocycles. The molecule has 0 radical (unpaired) electrons. The highest BCUT2D eigenvalue weighted by molar-refractivity contribution is 5.36. The Labute approximate surface area is 112 Å². The van der Waals surface area contributed by atoms with Crippen molar-refractivity contribution in [1.29, 1.82) is 5.26 Å². The maximum absolute atomic E-state index is 12.2. The number of rotatable bonds is 3. The molecule has 0 spiro atoms. The van der Waals surface area contributed by atoms with E-state index >= 15 is 0 Å². The third-order valence-corrected chi connectivity index (χ3v) is 3.28. The molecule has 19 heavy (non-hydrogen) atoms. The van der Waals surface area contributed by atoms with E-state index < -0.39 is 0 Å². The largest absolute Gasteiger partial charge is 0.311 e. The van der Waals surface area contributed by atoms with Crippen LogP contribution in [-0.4, -0.2) is 4.57 Å². The minimum Gasteiger partial charge on any atom is -0.311 e. The number of benzene rings is 1. The summed E-state index contributed by atoms with van der Waals surface area (Å²) >= 11 is 0. The number of hydrogen-bond donors (Lipinski definition) is 0. The van der Waals surface area contributed by atoms with E-state index in [-0.39, 0.29) is 11.1 Å². The van der Waals surface area contributed by atoms with Gasteiger partial charge in [0.1, 0.15) is 11.6 Å². The van der Waals surface area contributed by atoms with E-state index in [0.717, 1.165) is 17.7 Å². The summed E-state index contributed by atoms with van der Waals surface area (Å²) in [7, 11) is 0. The minimum absolute atomic E-state index is 0.184. The molecule has 0 aliphatic rings. The molecule has 0 bridgehead atoms. The first kappa shape index (κ1) is 13.1. The van der Waals surface area contributed by atoms with Crippen molar-refractivity contribution >= 4 is 0 Å². The molecule has 3 nitrogen and oxygen atoms in total. The molecule has 0 N–H and O–H groups in total. The zero-order chi connectivity index (χ0) is 13.8. The third-order valence-electron chi connectivity index (χ3n) is 3.28. The molecular weight excluding hydrogens is 236 g/mol. The summed E-state index contributed by atoms with van der Waals surface area (Å²) in [6, 6.07) is 13.9. The van der Waals surface area contributed by atoms with Crippen LogP contribution in [0.25, 0.3) is 0 Å². The van der Waals surface area contributed by atoms with E-state index in [1.165, 1.54) is 5.56 Å². The highest BCUT2D eigenvalue weighted by Gasteiger charge is 2.09. The van der Waals surface area contributed by atoms with Gasteiger partial charge in [0.2, 0.25) is 0 Å². The Morgan fingerprint density at radius 2 is 1.89 bits per heavy atom. The first-order valence-electron chi connectivity index (χ1n) is 6.28. The Bertz CT molecular complexity index is 678. The standard InChI is InChI=1S/C16H16N2O/c1-12-10-13(2)18(16(19)15(12)11-17)9-8-14-6-4-3-5-7-14/h3-7,10H,8-9H2,1-2H3. The van der Waals surface area contributed by atoms with Gasteiger partial charge in [0.25, 0.3) is 5.56 Å². The van der Waals surface area contributed by atoms with Gasteiger partial charge in [-0.3, -0.25) is 4.79 Å². The lowest BCUT2D eigenvalue weighted by atomic mass is 10.1. The summed E-state index contributed by atoms with van der Waals surface area (Å²) < 4.78 is 1.68. The van der Waals surface area contributed by atoms with E-state index in [9.17, 15) is 4.79 Å².